The van der Waals surface area contributed by atoms with Crippen molar-refractivity contribution in [1.82, 2.24) is 0 Å². The van der Waals surface area contributed by atoms with Crippen molar-refractivity contribution in [3.8, 4) is 0 Å². The van der Waals surface area contributed by atoms with Crippen molar-refractivity contribution in [3.63, 3.8) is 0 Å². The number of nitrogens with two attached hydrogens (primary N) is 1. The lowest BCUT2D eigenvalue weighted by Gasteiger charge is -2.28. The summed E-state index contributed by atoms with van der Waals surface area (Å²) in [5, 5.41) is 0. The highest BCUT2D eigenvalue weighted by Crippen LogP contribution is 2.25. The van der Waals surface area contributed by atoms with E-state index < -0.39 is 0 Å². The molecule has 0 aliphatic heterocycles. The average Bonchev–Trinajstić information content (AvgIpc) is 2.23. The zero-order chi connectivity index (χ0) is 9.80. The lowest BCUT2D eigenvalue weighted by Crippen LogP contribution is -2.34. The Morgan fingerprint density at radius 2 is 1.79 bits per heavy atom. The van der Waals surface area contributed by atoms with Gasteiger partial charge in [-0.05, 0) is 30.7 Å². The molecule has 1 fully saturated rings. The van der Waals surface area contributed by atoms with Gasteiger partial charge in [0.2, 0.25) is 0 Å². The SMILES string of the molecule is NC1CCCC[C@@H]1Cc1ccccc1. The van der Waals surface area contributed by atoms with Crippen molar-refractivity contribution in [2.24, 2.45) is 11.7 Å². The van der Waals surface area contributed by atoms with E-state index in [1.165, 1.54) is 37.7 Å². The molecule has 1 aliphatic carbocycles. The van der Waals surface area contributed by atoms with Crippen LogP contribution in [0.1, 0.15) is 31.2 Å². The molecule has 1 aromatic rings. The molecular formula is C13H19N. The number of hydrogen-bond donors (Lipinski definition) is 1. The fraction of sp³-hybridized carbons (Fsp3) is 0.538. The zero-order valence-electron chi connectivity index (χ0n) is 8.65. The zero-order valence-corrected chi connectivity index (χ0v) is 8.65. The number of hydrogen-bond acceptors (Lipinski definition) is 1. The highest BCUT2D eigenvalue weighted by Gasteiger charge is 2.21. The van der Waals surface area contributed by atoms with Gasteiger partial charge in [-0.1, -0.05) is 43.2 Å². The van der Waals surface area contributed by atoms with Gasteiger partial charge in [-0.15, -0.1) is 0 Å². The Kier molecular flexibility index (Phi) is 3.20. The first kappa shape index (κ1) is 9.72. The molecule has 0 radical (unpaired) electrons. The molecular weight excluding hydrogens is 170 g/mol. The average molecular weight is 189 g/mol. The molecule has 0 heterocycles. The first-order valence-electron chi connectivity index (χ1n) is 5.66. The maximum absolute atomic E-state index is 6.13. The summed E-state index contributed by atoms with van der Waals surface area (Å²) in [6, 6.07) is 11.2. The van der Waals surface area contributed by atoms with Crippen LogP contribution in [0.4, 0.5) is 0 Å². The van der Waals surface area contributed by atoms with E-state index in [2.05, 4.69) is 30.3 Å². The summed E-state index contributed by atoms with van der Waals surface area (Å²) in [7, 11) is 0. The number of rotatable bonds is 2. The molecule has 0 saturated heterocycles. The van der Waals surface area contributed by atoms with E-state index in [4.69, 9.17) is 5.73 Å². The summed E-state index contributed by atoms with van der Waals surface area (Å²) in [4.78, 5) is 0. The van der Waals surface area contributed by atoms with Gasteiger partial charge in [0.25, 0.3) is 0 Å². The smallest absolute Gasteiger partial charge is 0.00703 e. The molecule has 76 valence electrons. The molecule has 2 rings (SSSR count). The fourth-order valence-corrected chi connectivity index (χ4v) is 2.41. The quantitative estimate of drug-likeness (QED) is 0.760. The Hall–Kier alpha value is -0.820. The van der Waals surface area contributed by atoms with Gasteiger partial charge in [0.1, 0.15) is 0 Å². The minimum atomic E-state index is 0.434. The minimum absolute atomic E-state index is 0.434. The molecule has 1 aliphatic rings. The van der Waals surface area contributed by atoms with Crippen LogP contribution in [-0.4, -0.2) is 6.04 Å². The van der Waals surface area contributed by atoms with E-state index in [0.29, 0.717) is 12.0 Å². The highest BCUT2D eigenvalue weighted by atomic mass is 14.7. The molecule has 1 heteroatoms. The Labute approximate surface area is 86.3 Å². The van der Waals surface area contributed by atoms with Crippen LogP contribution in [0.25, 0.3) is 0 Å². The largest absolute Gasteiger partial charge is 0.327 e. The molecule has 2 atom stereocenters. The van der Waals surface area contributed by atoms with Crippen molar-refractivity contribution >= 4 is 0 Å². The predicted molar refractivity (Wildman–Crippen MR) is 60.1 cm³/mol. The predicted octanol–water partition coefficient (Wildman–Crippen LogP) is 2.75. The van der Waals surface area contributed by atoms with Crippen LogP contribution in [-0.2, 0) is 6.42 Å². The van der Waals surface area contributed by atoms with E-state index in [-0.39, 0.29) is 0 Å². The second-order valence-corrected chi connectivity index (χ2v) is 4.40. The maximum atomic E-state index is 6.13. The third-order valence-electron chi connectivity index (χ3n) is 3.31. The van der Waals surface area contributed by atoms with Gasteiger partial charge in [-0.25, -0.2) is 0 Å². The van der Waals surface area contributed by atoms with E-state index in [9.17, 15) is 0 Å². The van der Waals surface area contributed by atoms with Crippen LogP contribution < -0.4 is 5.73 Å². The third-order valence-corrected chi connectivity index (χ3v) is 3.31. The highest BCUT2D eigenvalue weighted by molar-refractivity contribution is 5.15. The van der Waals surface area contributed by atoms with Crippen molar-refractivity contribution < 1.29 is 0 Å². The standard InChI is InChI=1S/C13H19N/c14-13-9-5-4-8-12(13)10-11-6-2-1-3-7-11/h1-3,6-7,12-13H,4-5,8-10,14H2/t12-,13?/m1/s1. The van der Waals surface area contributed by atoms with Gasteiger partial charge >= 0.3 is 0 Å². The summed E-state index contributed by atoms with van der Waals surface area (Å²) < 4.78 is 0. The second-order valence-electron chi connectivity index (χ2n) is 4.40. The molecule has 0 spiro atoms. The Balaban J connectivity index is 1.96. The molecule has 14 heavy (non-hydrogen) atoms. The van der Waals surface area contributed by atoms with Crippen molar-refractivity contribution in [1.29, 1.82) is 0 Å². The van der Waals surface area contributed by atoms with E-state index in [0.717, 1.165) is 0 Å². The van der Waals surface area contributed by atoms with Crippen LogP contribution >= 0.6 is 0 Å². The summed E-state index contributed by atoms with van der Waals surface area (Å²) in [5.74, 6) is 0.714. The fourth-order valence-electron chi connectivity index (χ4n) is 2.41. The van der Waals surface area contributed by atoms with Crippen LogP contribution in [0.15, 0.2) is 30.3 Å². The molecule has 2 N–H and O–H groups in total. The normalized spacial score (nSPS) is 27.5. The monoisotopic (exact) mass is 189 g/mol. The lowest BCUT2D eigenvalue weighted by atomic mass is 9.81. The molecule has 0 amide bonds. The number of benzene rings is 1. The Morgan fingerprint density at radius 3 is 2.50 bits per heavy atom. The van der Waals surface area contributed by atoms with Gasteiger partial charge in [0, 0.05) is 6.04 Å². The summed E-state index contributed by atoms with van der Waals surface area (Å²) in [6.45, 7) is 0. The summed E-state index contributed by atoms with van der Waals surface area (Å²) in [6.07, 6.45) is 6.40. The van der Waals surface area contributed by atoms with Crippen LogP contribution in [0, 0.1) is 5.92 Å². The molecule has 1 saturated carbocycles. The third kappa shape index (κ3) is 2.36. The summed E-state index contributed by atoms with van der Waals surface area (Å²) >= 11 is 0. The van der Waals surface area contributed by atoms with E-state index >= 15 is 0 Å². The van der Waals surface area contributed by atoms with Crippen LogP contribution in [0.5, 0.6) is 0 Å². The first-order valence-corrected chi connectivity index (χ1v) is 5.66. The summed E-state index contributed by atoms with van der Waals surface area (Å²) in [5.41, 5.74) is 7.57. The Bertz CT molecular complexity index is 268. The van der Waals surface area contributed by atoms with Crippen molar-refractivity contribution in [2.75, 3.05) is 0 Å². The first-order chi connectivity index (χ1) is 6.86. The van der Waals surface area contributed by atoms with Crippen molar-refractivity contribution in [3.05, 3.63) is 35.9 Å². The minimum Gasteiger partial charge on any atom is -0.327 e. The lowest BCUT2D eigenvalue weighted by molar-refractivity contribution is 0.306. The van der Waals surface area contributed by atoms with E-state index in [1.54, 1.807) is 0 Å². The van der Waals surface area contributed by atoms with Crippen molar-refractivity contribution in [2.45, 2.75) is 38.1 Å². The Morgan fingerprint density at radius 1 is 1.07 bits per heavy atom. The molecule has 0 aromatic heterocycles. The molecule has 1 aromatic carbocycles. The molecule has 1 unspecified atom stereocenters. The molecule has 0 bridgehead atoms. The van der Waals surface area contributed by atoms with Gasteiger partial charge in [0.15, 0.2) is 0 Å². The van der Waals surface area contributed by atoms with Crippen LogP contribution in [0.2, 0.25) is 0 Å². The van der Waals surface area contributed by atoms with Gasteiger partial charge in [-0.3, -0.25) is 0 Å². The van der Waals surface area contributed by atoms with Gasteiger partial charge < -0.3 is 5.73 Å². The topological polar surface area (TPSA) is 26.0 Å². The van der Waals surface area contributed by atoms with E-state index in [1.807, 2.05) is 0 Å². The van der Waals surface area contributed by atoms with Crippen LogP contribution in [0.3, 0.4) is 0 Å². The van der Waals surface area contributed by atoms with Gasteiger partial charge in [-0.2, -0.15) is 0 Å². The molecule has 1 nitrogen and oxygen atoms in total. The second kappa shape index (κ2) is 4.61. The van der Waals surface area contributed by atoms with Gasteiger partial charge in [0.05, 0.1) is 0 Å². The maximum Gasteiger partial charge on any atom is 0.00703 e.